The lowest BCUT2D eigenvalue weighted by atomic mass is 10.0. The maximum Gasteiger partial charge on any atom is 0.325 e. The molecule has 1 rings (SSSR count). The van der Waals surface area contributed by atoms with Gasteiger partial charge in [0.25, 0.3) is 0 Å². The van der Waals surface area contributed by atoms with E-state index in [1.807, 2.05) is 12.1 Å². The Labute approximate surface area is 140 Å². The minimum Gasteiger partial charge on any atom is -0.491 e. The van der Waals surface area contributed by atoms with Crippen LogP contribution in [0.25, 0.3) is 0 Å². The molecule has 1 aromatic carbocycles. The highest BCUT2D eigenvalue weighted by atomic mass is 31.2. The Bertz CT molecular complexity index is 453. The van der Waals surface area contributed by atoms with Crippen molar-refractivity contribution in [2.45, 2.75) is 58.3 Å². The summed E-state index contributed by atoms with van der Waals surface area (Å²) in [6.45, 7) is 3.81. The van der Waals surface area contributed by atoms with Crippen molar-refractivity contribution in [1.82, 2.24) is 0 Å². The molecule has 1 unspecified atom stereocenters. The number of ether oxygens (including phenoxy) is 1. The van der Waals surface area contributed by atoms with Crippen molar-refractivity contribution in [3.63, 3.8) is 0 Å². The lowest BCUT2D eigenvalue weighted by Crippen LogP contribution is -2.05. The maximum atomic E-state index is 10.9. The van der Waals surface area contributed by atoms with Crippen LogP contribution in [0.1, 0.15) is 57.4 Å². The summed E-state index contributed by atoms with van der Waals surface area (Å²) in [5.41, 5.74) is 1.33. The second kappa shape index (κ2) is 11.7. The molecule has 1 aromatic rings. The summed E-state index contributed by atoms with van der Waals surface area (Å²) in [5.74, 6) is 0.765. The van der Waals surface area contributed by atoms with E-state index in [0.717, 1.165) is 12.2 Å². The van der Waals surface area contributed by atoms with Crippen molar-refractivity contribution in [2.75, 3.05) is 19.9 Å². The minimum absolute atomic E-state index is 0.115. The molecule has 0 amide bonds. The van der Waals surface area contributed by atoms with E-state index >= 15 is 0 Å². The monoisotopic (exact) mass is 342 g/mol. The highest BCUT2D eigenvalue weighted by Crippen LogP contribution is 2.35. The quantitative estimate of drug-likeness (QED) is 0.396. The van der Waals surface area contributed by atoms with E-state index in [-0.39, 0.29) is 13.2 Å². The van der Waals surface area contributed by atoms with Gasteiger partial charge in [-0.1, -0.05) is 57.6 Å². The van der Waals surface area contributed by atoms with Gasteiger partial charge in [-0.05, 0) is 30.5 Å². The summed E-state index contributed by atoms with van der Waals surface area (Å²) >= 11 is 0. The van der Waals surface area contributed by atoms with Gasteiger partial charge in [0, 0.05) is 6.66 Å². The molecule has 0 aromatic heterocycles. The fourth-order valence-electron chi connectivity index (χ4n) is 2.40. The van der Waals surface area contributed by atoms with E-state index in [2.05, 4.69) is 19.1 Å². The summed E-state index contributed by atoms with van der Waals surface area (Å²) in [6.07, 6.45) is 10.4. The first-order chi connectivity index (χ1) is 11.0. The molecule has 0 saturated carbocycles. The molecule has 1 N–H and O–H groups in total. The second-order valence-corrected chi connectivity index (χ2v) is 7.86. The van der Waals surface area contributed by atoms with Crippen molar-refractivity contribution in [1.29, 1.82) is 0 Å². The molecule has 0 aliphatic heterocycles. The fourth-order valence-corrected chi connectivity index (χ4v) is 2.82. The SMILES string of the molecule is CCCCCCCCCc1ccc(OCCOP(C)(=O)O)cc1. The summed E-state index contributed by atoms with van der Waals surface area (Å²) in [7, 11) is -3.40. The van der Waals surface area contributed by atoms with Crippen LogP contribution in [0.2, 0.25) is 0 Å². The highest BCUT2D eigenvalue weighted by Gasteiger charge is 2.08. The van der Waals surface area contributed by atoms with Crippen LogP contribution in [0.4, 0.5) is 0 Å². The maximum absolute atomic E-state index is 10.9. The highest BCUT2D eigenvalue weighted by molar-refractivity contribution is 7.51. The fraction of sp³-hybridized carbons (Fsp3) is 0.667. The zero-order valence-corrected chi connectivity index (χ0v) is 15.4. The van der Waals surface area contributed by atoms with Gasteiger partial charge in [-0.2, -0.15) is 0 Å². The second-order valence-electron chi connectivity index (χ2n) is 6.00. The number of benzene rings is 1. The van der Waals surface area contributed by atoms with E-state index in [1.165, 1.54) is 57.2 Å². The Morgan fingerprint density at radius 1 is 0.957 bits per heavy atom. The van der Waals surface area contributed by atoms with Gasteiger partial charge in [-0.15, -0.1) is 0 Å². The van der Waals surface area contributed by atoms with Gasteiger partial charge in [-0.25, -0.2) is 0 Å². The van der Waals surface area contributed by atoms with E-state index in [0.29, 0.717) is 0 Å². The molecule has 23 heavy (non-hydrogen) atoms. The summed E-state index contributed by atoms with van der Waals surface area (Å²) in [4.78, 5) is 8.99. The molecule has 0 bridgehead atoms. The molecule has 5 heteroatoms. The normalized spacial score (nSPS) is 13.7. The van der Waals surface area contributed by atoms with Crippen LogP contribution in [0.15, 0.2) is 24.3 Å². The number of unbranched alkanes of at least 4 members (excludes halogenated alkanes) is 6. The van der Waals surface area contributed by atoms with Crippen LogP contribution >= 0.6 is 7.60 Å². The summed E-state index contributed by atoms with van der Waals surface area (Å²) in [6, 6.07) is 8.07. The largest absolute Gasteiger partial charge is 0.491 e. The molecule has 4 nitrogen and oxygen atoms in total. The van der Waals surface area contributed by atoms with E-state index in [1.54, 1.807) is 0 Å². The van der Waals surface area contributed by atoms with Crippen molar-refractivity contribution >= 4 is 7.60 Å². The third kappa shape index (κ3) is 11.4. The Morgan fingerprint density at radius 2 is 1.57 bits per heavy atom. The average molecular weight is 342 g/mol. The number of aryl methyl sites for hydroxylation is 1. The van der Waals surface area contributed by atoms with Gasteiger partial charge in [0.2, 0.25) is 0 Å². The Kier molecular flexibility index (Phi) is 10.3. The molecular weight excluding hydrogens is 311 g/mol. The molecule has 0 heterocycles. The topological polar surface area (TPSA) is 55.8 Å². The Morgan fingerprint density at radius 3 is 2.17 bits per heavy atom. The van der Waals surface area contributed by atoms with Crippen LogP contribution in [-0.4, -0.2) is 24.8 Å². The molecular formula is C18H31O4P. The third-order valence-electron chi connectivity index (χ3n) is 3.68. The van der Waals surface area contributed by atoms with Gasteiger partial charge in [0.05, 0.1) is 6.61 Å². The summed E-state index contributed by atoms with van der Waals surface area (Å²) < 4.78 is 21.2. The zero-order chi connectivity index (χ0) is 17.0. The standard InChI is InChI=1S/C18H31O4P/c1-3-4-5-6-7-8-9-10-17-11-13-18(14-12-17)21-15-16-22-23(2,19)20/h11-14H,3-10,15-16H2,1-2H3,(H,19,20). The number of hydrogen-bond donors (Lipinski definition) is 1. The van der Waals surface area contributed by atoms with Gasteiger partial charge in [0.15, 0.2) is 0 Å². The first-order valence-corrected chi connectivity index (χ1v) is 10.7. The molecule has 132 valence electrons. The van der Waals surface area contributed by atoms with Crippen LogP contribution in [-0.2, 0) is 15.5 Å². The van der Waals surface area contributed by atoms with Gasteiger partial charge in [0.1, 0.15) is 12.4 Å². The van der Waals surface area contributed by atoms with E-state index in [4.69, 9.17) is 14.2 Å². The average Bonchev–Trinajstić information content (AvgIpc) is 2.51. The van der Waals surface area contributed by atoms with Crippen LogP contribution < -0.4 is 4.74 Å². The van der Waals surface area contributed by atoms with Crippen molar-refractivity contribution in [3.05, 3.63) is 29.8 Å². The predicted octanol–water partition coefficient (Wildman–Crippen LogP) is 5.19. The van der Waals surface area contributed by atoms with Crippen molar-refractivity contribution < 1.29 is 18.7 Å². The van der Waals surface area contributed by atoms with E-state index in [9.17, 15) is 4.57 Å². The summed E-state index contributed by atoms with van der Waals surface area (Å²) in [5, 5.41) is 0. The molecule has 1 atom stereocenters. The molecule has 0 aliphatic rings. The van der Waals surface area contributed by atoms with Crippen molar-refractivity contribution in [2.24, 2.45) is 0 Å². The van der Waals surface area contributed by atoms with Crippen LogP contribution in [0, 0.1) is 0 Å². The van der Waals surface area contributed by atoms with Crippen LogP contribution in [0.5, 0.6) is 5.75 Å². The number of rotatable bonds is 13. The first kappa shape index (κ1) is 20.2. The molecule has 0 saturated heterocycles. The lowest BCUT2D eigenvalue weighted by molar-refractivity contribution is 0.198. The minimum atomic E-state index is -3.40. The molecule has 0 radical (unpaired) electrons. The lowest BCUT2D eigenvalue weighted by Gasteiger charge is -2.09. The van der Waals surface area contributed by atoms with E-state index < -0.39 is 7.60 Å². The van der Waals surface area contributed by atoms with Gasteiger partial charge >= 0.3 is 7.60 Å². The van der Waals surface area contributed by atoms with Gasteiger partial charge in [-0.3, -0.25) is 4.57 Å². The molecule has 0 aliphatic carbocycles. The Balaban J connectivity index is 2.12. The molecule has 0 fully saturated rings. The Hall–Kier alpha value is -0.830. The van der Waals surface area contributed by atoms with Gasteiger partial charge < -0.3 is 14.2 Å². The first-order valence-electron chi connectivity index (χ1n) is 8.68. The zero-order valence-electron chi connectivity index (χ0n) is 14.5. The van der Waals surface area contributed by atoms with Crippen molar-refractivity contribution in [3.8, 4) is 5.75 Å². The number of hydrogen-bond acceptors (Lipinski definition) is 3. The smallest absolute Gasteiger partial charge is 0.325 e. The molecule has 0 spiro atoms. The predicted molar refractivity (Wildman–Crippen MR) is 95.3 cm³/mol. The van der Waals surface area contributed by atoms with Crippen LogP contribution in [0.3, 0.4) is 0 Å². The third-order valence-corrected chi connectivity index (χ3v) is 4.34.